The maximum Gasteiger partial charge on any atom is 0.421 e. The number of amides is 1. The number of halogens is 4. The lowest BCUT2D eigenvalue weighted by Gasteiger charge is -2.34. The van der Waals surface area contributed by atoms with Crippen molar-refractivity contribution in [2.45, 2.75) is 71.4 Å². The van der Waals surface area contributed by atoms with E-state index in [0.29, 0.717) is 24.8 Å². The lowest BCUT2D eigenvalue weighted by Crippen LogP contribution is -2.43. The van der Waals surface area contributed by atoms with Crippen LogP contribution in [0.5, 0.6) is 11.6 Å². The molecular weight excluding hydrogens is 531 g/mol. The molecule has 1 fully saturated rings. The first-order valence-corrected chi connectivity index (χ1v) is 13.0. The maximum absolute atomic E-state index is 15.4. The summed E-state index contributed by atoms with van der Waals surface area (Å²) in [5.74, 6) is -4.36. The van der Waals surface area contributed by atoms with Crippen molar-refractivity contribution < 1.29 is 41.4 Å². The number of pyridine rings is 1. The van der Waals surface area contributed by atoms with Crippen molar-refractivity contribution in [2.24, 2.45) is 11.8 Å². The quantitative estimate of drug-likeness (QED) is 0.209. The topological polar surface area (TPSA) is 85.8 Å². The van der Waals surface area contributed by atoms with Crippen LogP contribution in [0.4, 0.5) is 23.2 Å². The van der Waals surface area contributed by atoms with Crippen LogP contribution < -0.4 is 9.64 Å². The van der Waals surface area contributed by atoms with Crippen molar-refractivity contribution in [3.63, 3.8) is 0 Å². The van der Waals surface area contributed by atoms with Crippen LogP contribution in [-0.4, -0.2) is 43.6 Å². The summed E-state index contributed by atoms with van der Waals surface area (Å²) in [5, 5.41) is 0. The fourth-order valence-electron chi connectivity index (χ4n) is 4.73. The first-order chi connectivity index (χ1) is 18.8. The minimum atomic E-state index is -4.95. The van der Waals surface area contributed by atoms with Gasteiger partial charge in [0.05, 0.1) is 26.2 Å². The molecule has 40 heavy (non-hydrogen) atoms. The third kappa shape index (κ3) is 7.20. The molecule has 1 heterocycles. The lowest BCUT2D eigenvalue weighted by molar-refractivity contribution is -0.139. The fourth-order valence-corrected chi connectivity index (χ4v) is 4.73. The average molecular weight is 562 g/mol. The number of aromatic nitrogens is 1. The standard InChI is InChI=1S/C28H31BF4N2O5/c1-15(2)35(26(37)18-7-5-16(3)6-8-18)23-12-22(30)24(11-20(23)27(38)39-4)40-25-21(28(31,32)33)10-17(14-34-25)9-19(36)13-29/h10-12,14-16,18H,5-9,13H2,1-4H3. The van der Waals surface area contributed by atoms with E-state index in [-0.39, 0.29) is 41.4 Å². The molecule has 1 aliphatic rings. The van der Waals surface area contributed by atoms with Crippen LogP contribution in [0.1, 0.15) is 67.9 Å². The van der Waals surface area contributed by atoms with Crippen LogP contribution >= 0.6 is 0 Å². The molecule has 214 valence electrons. The Hall–Kier alpha value is -3.44. The summed E-state index contributed by atoms with van der Waals surface area (Å²) in [5.41, 5.74) is -1.73. The second-order valence-corrected chi connectivity index (χ2v) is 10.3. The summed E-state index contributed by atoms with van der Waals surface area (Å²) in [7, 11) is 6.33. The largest absolute Gasteiger partial charge is 0.465 e. The van der Waals surface area contributed by atoms with Crippen molar-refractivity contribution in [3.05, 3.63) is 46.9 Å². The van der Waals surface area contributed by atoms with Gasteiger partial charge < -0.3 is 19.2 Å². The number of methoxy groups -OCH3 is 1. The van der Waals surface area contributed by atoms with Crippen molar-refractivity contribution in [3.8, 4) is 11.6 Å². The summed E-state index contributed by atoms with van der Waals surface area (Å²) in [6.45, 7) is 5.53. The Labute approximate surface area is 231 Å². The van der Waals surface area contributed by atoms with Crippen LogP contribution in [0.15, 0.2) is 24.4 Å². The number of anilines is 1. The SMILES string of the molecule is [B]CC(=O)Cc1cnc(Oc2cc(C(=O)OC)c(N(C(=O)C3CCC(C)CC3)C(C)C)cc2F)c(C(F)(F)F)c1. The molecule has 0 saturated heterocycles. The number of carbonyl (C=O) groups excluding carboxylic acids is 3. The summed E-state index contributed by atoms with van der Waals surface area (Å²) in [6, 6.07) is 1.99. The number of ether oxygens (including phenoxy) is 2. The number of hydrogen-bond acceptors (Lipinski definition) is 6. The number of carbonyl (C=O) groups is 3. The molecule has 0 spiro atoms. The number of alkyl halides is 3. The van der Waals surface area contributed by atoms with Gasteiger partial charge in [0, 0.05) is 36.7 Å². The van der Waals surface area contributed by atoms with E-state index in [0.717, 1.165) is 38.3 Å². The van der Waals surface area contributed by atoms with Gasteiger partial charge in [-0.15, -0.1) is 0 Å². The third-order valence-corrected chi connectivity index (χ3v) is 6.88. The molecule has 1 amide bonds. The fraction of sp³-hybridized carbons (Fsp3) is 0.500. The molecule has 1 aliphatic carbocycles. The summed E-state index contributed by atoms with van der Waals surface area (Å²) in [4.78, 5) is 42.9. The molecule has 1 aromatic carbocycles. The second-order valence-electron chi connectivity index (χ2n) is 10.3. The highest BCUT2D eigenvalue weighted by Crippen LogP contribution is 2.40. The van der Waals surface area contributed by atoms with Crippen LogP contribution in [0.25, 0.3) is 0 Å². The number of ketones is 1. The van der Waals surface area contributed by atoms with E-state index >= 15 is 4.39 Å². The molecule has 7 nitrogen and oxygen atoms in total. The molecule has 0 N–H and O–H groups in total. The molecule has 0 aliphatic heterocycles. The molecule has 0 atom stereocenters. The highest BCUT2D eigenvalue weighted by Gasteiger charge is 2.37. The zero-order valence-electron chi connectivity index (χ0n) is 22.8. The monoisotopic (exact) mass is 562 g/mol. The van der Waals surface area contributed by atoms with Crippen LogP contribution in [0.2, 0.25) is 6.32 Å². The Balaban J connectivity index is 2.06. The van der Waals surface area contributed by atoms with Crippen LogP contribution in [-0.2, 0) is 26.9 Å². The molecular formula is C28H31BF4N2O5. The van der Waals surface area contributed by atoms with E-state index in [2.05, 4.69) is 11.9 Å². The maximum atomic E-state index is 15.4. The summed E-state index contributed by atoms with van der Waals surface area (Å²) in [6.07, 6.45) is -1.66. The number of Topliss-reactive ketones (excluding diaryl/α,β-unsaturated/α-hetero) is 1. The van der Waals surface area contributed by atoms with Crippen molar-refractivity contribution >= 4 is 31.2 Å². The molecule has 2 radical (unpaired) electrons. The van der Waals surface area contributed by atoms with Gasteiger partial charge in [-0.2, -0.15) is 13.2 Å². The smallest absolute Gasteiger partial charge is 0.421 e. The van der Waals surface area contributed by atoms with Crippen LogP contribution in [0.3, 0.4) is 0 Å². The highest BCUT2D eigenvalue weighted by atomic mass is 19.4. The van der Waals surface area contributed by atoms with E-state index in [1.165, 1.54) is 4.90 Å². The Morgan fingerprint density at radius 1 is 1.12 bits per heavy atom. The summed E-state index contributed by atoms with van der Waals surface area (Å²) < 4.78 is 67.0. The minimum absolute atomic E-state index is 0.0515. The zero-order valence-corrected chi connectivity index (χ0v) is 22.8. The average Bonchev–Trinajstić information content (AvgIpc) is 2.89. The first kappa shape index (κ1) is 31.1. The van der Waals surface area contributed by atoms with Crippen molar-refractivity contribution in [1.82, 2.24) is 4.98 Å². The van der Waals surface area contributed by atoms with Crippen LogP contribution in [0, 0.1) is 17.7 Å². The number of benzene rings is 1. The normalized spacial score (nSPS) is 17.4. The molecule has 3 rings (SSSR count). The summed E-state index contributed by atoms with van der Waals surface area (Å²) >= 11 is 0. The van der Waals surface area contributed by atoms with E-state index in [1.807, 2.05) is 0 Å². The van der Waals surface area contributed by atoms with Gasteiger partial charge in [-0.05, 0) is 63.4 Å². The highest BCUT2D eigenvalue weighted by molar-refractivity contribution is 6.20. The van der Waals surface area contributed by atoms with E-state index in [4.69, 9.17) is 17.3 Å². The van der Waals surface area contributed by atoms with E-state index in [9.17, 15) is 27.6 Å². The molecule has 0 unspecified atom stereocenters. The van der Waals surface area contributed by atoms with E-state index in [1.54, 1.807) is 13.8 Å². The Kier molecular flexibility index (Phi) is 9.97. The van der Waals surface area contributed by atoms with Gasteiger partial charge >= 0.3 is 12.1 Å². The van der Waals surface area contributed by atoms with Gasteiger partial charge in [-0.3, -0.25) is 4.79 Å². The predicted molar refractivity (Wildman–Crippen MR) is 140 cm³/mol. The molecule has 12 heteroatoms. The van der Waals surface area contributed by atoms with Gasteiger partial charge in [-0.25, -0.2) is 14.2 Å². The number of nitrogens with zero attached hydrogens (tertiary/aromatic N) is 2. The Bertz CT molecular complexity index is 1260. The van der Waals surface area contributed by atoms with Gasteiger partial charge in [0.2, 0.25) is 11.8 Å². The minimum Gasteiger partial charge on any atom is -0.465 e. The Morgan fingerprint density at radius 2 is 1.77 bits per heavy atom. The molecule has 2 aromatic rings. The van der Waals surface area contributed by atoms with Crippen molar-refractivity contribution in [1.29, 1.82) is 0 Å². The molecule has 0 bridgehead atoms. The molecule has 1 aromatic heterocycles. The van der Waals surface area contributed by atoms with Gasteiger partial charge in [0.25, 0.3) is 0 Å². The number of rotatable bonds is 9. The molecule has 1 saturated carbocycles. The number of hydrogen-bond donors (Lipinski definition) is 0. The number of esters is 1. The predicted octanol–water partition coefficient (Wildman–Crippen LogP) is 6.08. The van der Waals surface area contributed by atoms with Gasteiger partial charge in [0.1, 0.15) is 11.3 Å². The third-order valence-electron chi connectivity index (χ3n) is 6.88. The van der Waals surface area contributed by atoms with Gasteiger partial charge in [0.15, 0.2) is 11.6 Å². The second kappa shape index (κ2) is 12.8. The van der Waals surface area contributed by atoms with Crippen molar-refractivity contribution in [2.75, 3.05) is 12.0 Å². The zero-order chi connectivity index (χ0) is 29.8. The van der Waals surface area contributed by atoms with Gasteiger partial charge in [-0.1, -0.05) is 6.92 Å². The lowest BCUT2D eigenvalue weighted by atomic mass is 9.82. The first-order valence-electron chi connectivity index (χ1n) is 13.0. The van der Waals surface area contributed by atoms with E-state index < -0.39 is 47.0 Å². The Morgan fingerprint density at radius 3 is 2.33 bits per heavy atom.